The van der Waals surface area contributed by atoms with Gasteiger partial charge in [0.25, 0.3) is 5.66 Å². The predicted molar refractivity (Wildman–Crippen MR) is 29.5 cm³/mol. The second-order valence-electron chi connectivity index (χ2n) is 1.83. The van der Waals surface area contributed by atoms with Crippen LogP contribution < -0.4 is 0 Å². The van der Waals surface area contributed by atoms with Crippen molar-refractivity contribution >= 4 is 9.24 Å². The van der Waals surface area contributed by atoms with E-state index in [0.717, 1.165) is 0 Å². The van der Waals surface area contributed by atoms with Gasteiger partial charge < -0.3 is 0 Å². The van der Waals surface area contributed by atoms with Crippen LogP contribution in [0.15, 0.2) is 0 Å². The fourth-order valence-corrected chi connectivity index (χ4v) is 0. The number of rotatable bonds is 1. The molecule has 0 N–H and O–H groups in total. The van der Waals surface area contributed by atoms with Crippen molar-refractivity contribution in [2.24, 2.45) is 5.92 Å². The number of alkyl halides is 2. The zero-order valence-corrected chi connectivity index (χ0v) is 5.57. The molecule has 0 saturated carbocycles. The van der Waals surface area contributed by atoms with Gasteiger partial charge in [0.05, 0.1) is 0 Å². The van der Waals surface area contributed by atoms with Crippen LogP contribution in [0.2, 0.25) is 0 Å². The minimum atomic E-state index is -2.58. The summed E-state index contributed by atoms with van der Waals surface area (Å²) in [6, 6.07) is 0. The molecule has 0 radical (unpaired) electrons. The molecule has 0 aromatic heterocycles. The van der Waals surface area contributed by atoms with Gasteiger partial charge in [0.1, 0.15) is 0 Å². The van der Waals surface area contributed by atoms with Crippen molar-refractivity contribution in [1.29, 1.82) is 0 Å². The number of hydrogen-bond acceptors (Lipinski definition) is 0. The van der Waals surface area contributed by atoms with Crippen LogP contribution in [0.5, 0.6) is 0 Å². The molecule has 3 heteroatoms. The largest absolute Gasteiger partial charge is 0.261 e. The normalized spacial score (nSPS) is 12.9. The maximum Gasteiger partial charge on any atom is 0.261 e. The number of hydrogen-bond donors (Lipinski definition) is 0. The molecule has 0 aromatic rings. The van der Waals surface area contributed by atoms with Crippen molar-refractivity contribution in [3.8, 4) is 0 Å². The minimum absolute atomic E-state index is 0.572. The van der Waals surface area contributed by atoms with E-state index in [9.17, 15) is 8.78 Å². The highest BCUT2D eigenvalue weighted by atomic mass is 31.0. The van der Waals surface area contributed by atoms with Gasteiger partial charge in [-0.15, -0.1) is 0 Å². The smallest absolute Gasteiger partial charge is 0.202 e. The molecule has 0 saturated heterocycles. The van der Waals surface area contributed by atoms with Crippen LogP contribution in [-0.2, 0) is 0 Å². The molecule has 0 amide bonds. The van der Waals surface area contributed by atoms with Crippen LogP contribution in [0.3, 0.4) is 0 Å². The van der Waals surface area contributed by atoms with Gasteiger partial charge in [-0.25, -0.2) is 8.78 Å². The monoisotopic (exact) mass is 126 g/mol. The van der Waals surface area contributed by atoms with E-state index >= 15 is 0 Å². The summed E-state index contributed by atoms with van der Waals surface area (Å²) in [6.07, 6.45) is 0. The summed E-state index contributed by atoms with van der Waals surface area (Å²) >= 11 is 0. The summed E-state index contributed by atoms with van der Waals surface area (Å²) in [7, 11) is 1.50. The van der Waals surface area contributed by atoms with Crippen molar-refractivity contribution in [3.05, 3.63) is 0 Å². The first kappa shape index (κ1) is 7.29. The summed E-state index contributed by atoms with van der Waals surface area (Å²) in [5, 5.41) is 0. The summed E-state index contributed by atoms with van der Waals surface area (Å²) < 4.78 is 23.6. The summed E-state index contributed by atoms with van der Waals surface area (Å²) in [5.74, 6) is -0.572. The summed E-state index contributed by atoms with van der Waals surface area (Å²) in [5.41, 5.74) is -2.58. The van der Waals surface area contributed by atoms with E-state index in [4.69, 9.17) is 0 Å². The van der Waals surface area contributed by atoms with Crippen LogP contribution in [0.25, 0.3) is 0 Å². The Hall–Kier alpha value is 0.290. The van der Waals surface area contributed by atoms with Gasteiger partial charge >= 0.3 is 0 Å². The molecule has 44 valence electrons. The average molecular weight is 126 g/mol. The molecule has 0 bridgehead atoms. The Morgan fingerprint density at radius 2 is 1.57 bits per heavy atom. The third-order valence-electron chi connectivity index (χ3n) is 0.770. The number of halogens is 2. The lowest BCUT2D eigenvalue weighted by molar-refractivity contribution is 0.0533. The molecular formula is C4H9F2P. The van der Waals surface area contributed by atoms with E-state index in [2.05, 4.69) is 0 Å². The molecule has 0 aliphatic rings. The fourth-order valence-electron chi connectivity index (χ4n) is 0. The molecule has 0 fully saturated rings. The highest BCUT2D eigenvalue weighted by molar-refractivity contribution is 7.18. The lowest BCUT2D eigenvalue weighted by atomic mass is 10.2. The van der Waals surface area contributed by atoms with Gasteiger partial charge in [-0.3, -0.25) is 0 Å². The van der Waals surface area contributed by atoms with Crippen LogP contribution in [-0.4, -0.2) is 5.66 Å². The van der Waals surface area contributed by atoms with E-state index in [1.807, 2.05) is 0 Å². The van der Waals surface area contributed by atoms with E-state index in [-0.39, 0.29) is 0 Å². The highest BCUT2D eigenvalue weighted by Gasteiger charge is 2.25. The Bertz CT molecular complexity index is 55.2. The first-order valence-corrected chi connectivity index (χ1v) is 2.69. The van der Waals surface area contributed by atoms with E-state index in [1.54, 1.807) is 0 Å². The lowest BCUT2D eigenvalue weighted by Gasteiger charge is -2.12. The fraction of sp³-hybridized carbons (Fsp3) is 1.00. The molecule has 0 aliphatic carbocycles. The van der Waals surface area contributed by atoms with Crippen molar-refractivity contribution in [1.82, 2.24) is 0 Å². The van der Waals surface area contributed by atoms with Crippen molar-refractivity contribution in [2.45, 2.75) is 19.5 Å². The van der Waals surface area contributed by atoms with Crippen LogP contribution in [0.1, 0.15) is 13.8 Å². The zero-order chi connectivity index (χ0) is 6.08. The Labute approximate surface area is 44.5 Å². The molecule has 1 atom stereocenters. The van der Waals surface area contributed by atoms with E-state index in [1.165, 1.54) is 23.1 Å². The van der Waals surface area contributed by atoms with Crippen LogP contribution in [0, 0.1) is 5.92 Å². The van der Waals surface area contributed by atoms with Crippen molar-refractivity contribution in [3.63, 3.8) is 0 Å². The predicted octanol–water partition coefficient (Wildman–Crippen LogP) is 2.11. The molecule has 0 heterocycles. The van der Waals surface area contributed by atoms with E-state index < -0.39 is 11.6 Å². The average Bonchev–Trinajstić information content (AvgIpc) is 1.31. The molecule has 0 spiro atoms. The molecule has 0 aromatic carbocycles. The standard InChI is InChI=1S/C4H9F2P/c1-3(2)4(5,6)7/h3H,7H2,1-2H3. The Balaban J connectivity index is 3.54. The van der Waals surface area contributed by atoms with Gasteiger partial charge in [0.2, 0.25) is 0 Å². The second kappa shape index (κ2) is 2.04. The molecule has 0 rings (SSSR count). The zero-order valence-electron chi connectivity index (χ0n) is 4.41. The van der Waals surface area contributed by atoms with Crippen LogP contribution >= 0.6 is 9.24 Å². The van der Waals surface area contributed by atoms with Gasteiger partial charge in [0, 0.05) is 5.92 Å². The molecule has 1 unspecified atom stereocenters. The molecular weight excluding hydrogens is 117 g/mol. The second-order valence-corrected chi connectivity index (χ2v) is 2.60. The van der Waals surface area contributed by atoms with Gasteiger partial charge in [-0.05, 0) is 0 Å². The summed E-state index contributed by atoms with van der Waals surface area (Å²) in [6.45, 7) is 2.96. The van der Waals surface area contributed by atoms with Gasteiger partial charge in [-0.1, -0.05) is 23.1 Å². The van der Waals surface area contributed by atoms with Gasteiger partial charge in [-0.2, -0.15) is 0 Å². The Morgan fingerprint density at radius 1 is 1.43 bits per heavy atom. The first-order chi connectivity index (χ1) is 2.94. The Kier molecular flexibility index (Phi) is 2.12. The maximum absolute atomic E-state index is 11.8. The van der Waals surface area contributed by atoms with Crippen molar-refractivity contribution in [2.75, 3.05) is 0 Å². The third kappa shape index (κ3) is 2.93. The molecule has 0 aliphatic heterocycles. The lowest BCUT2D eigenvalue weighted by Crippen LogP contribution is -2.13. The quantitative estimate of drug-likeness (QED) is 0.472. The van der Waals surface area contributed by atoms with Gasteiger partial charge in [0.15, 0.2) is 0 Å². The van der Waals surface area contributed by atoms with E-state index in [0.29, 0.717) is 0 Å². The minimum Gasteiger partial charge on any atom is -0.202 e. The third-order valence-corrected chi connectivity index (χ3v) is 1.44. The summed E-state index contributed by atoms with van der Waals surface area (Å²) in [4.78, 5) is 0. The topological polar surface area (TPSA) is 0 Å². The highest BCUT2D eigenvalue weighted by Crippen LogP contribution is 2.30. The maximum atomic E-state index is 11.8. The molecule has 0 nitrogen and oxygen atoms in total. The van der Waals surface area contributed by atoms with Crippen LogP contribution in [0.4, 0.5) is 8.78 Å². The van der Waals surface area contributed by atoms with Crippen molar-refractivity contribution < 1.29 is 8.78 Å². The first-order valence-electron chi connectivity index (χ1n) is 2.11. The molecule has 7 heavy (non-hydrogen) atoms. The SMILES string of the molecule is CC(C)C(F)(F)P. The Morgan fingerprint density at radius 3 is 1.57 bits per heavy atom.